The number of fused-ring (bicyclic) bond motifs is 1. The Kier molecular flexibility index (Phi) is 5.43. The highest BCUT2D eigenvalue weighted by Gasteiger charge is 2.10. The van der Waals surface area contributed by atoms with Gasteiger partial charge in [0.05, 0.1) is 6.33 Å². The van der Waals surface area contributed by atoms with Crippen LogP contribution in [-0.2, 0) is 6.54 Å². The van der Waals surface area contributed by atoms with Gasteiger partial charge in [-0.15, -0.1) is 12.3 Å². The van der Waals surface area contributed by atoms with Gasteiger partial charge in [0, 0.05) is 26.8 Å². The molecule has 0 aliphatic rings. The summed E-state index contributed by atoms with van der Waals surface area (Å²) in [4.78, 5) is 13.0. The predicted molar refractivity (Wildman–Crippen MR) is 102 cm³/mol. The molecule has 0 aliphatic heterocycles. The molecule has 8 heteroatoms. The highest BCUT2D eigenvalue weighted by atomic mass is 79.9. The number of aromatic amines is 1. The fraction of sp³-hybridized carbons (Fsp3) is 0.188. The summed E-state index contributed by atoms with van der Waals surface area (Å²) >= 11 is 8.47. The maximum atomic E-state index is 7.98. The van der Waals surface area contributed by atoms with Gasteiger partial charge in [0.15, 0.2) is 16.3 Å². The Labute approximate surface area is 160 Å². The molecule has 0 spiro atoms. The summed E-state index contributed by atoms with van der Waals surface area (Å²) in [6.45, 7) is 0.728. The molecule has 0 saturated heterocycles. The van der Waals surface area contributed by atoms with Gasteiger partial charge < -0.3 is 9.55 Å². The van der Waals surface area contributed by atoms with E-state index in [0.29, 0.717) is 11.9 Å². The highest BCUT2D eigenvalue weighted by Crippen LogP contribution is 2.31. The average Bonchev–Trinajstić information content (AvgIpc) is 2.93. The first kappa shape index (κ1) is 17.3. The normalized spacial score (nSPS) is 10.9. The minimum Gasteiger partial charge on any atom is -0.328 e. The second-order valence-electron chi connectivity index (χ2n) is 5.04. The zero-order valence-corrected chi connectivity index (χ0v) is 16.5. The van der Waals surface area contributed by atoms with Crippen LogP contribution in [0.2, 0.25) is 0 Å². The van der Waals surface area contributed by atoms with Gasteiger partial charge in [-0.05, 0) is 24.6 Å². The quantitative estimate of drug-likeness (QED) is 0.434. The number of imidazole rings is 1. The minimum atomic E-state index is 0.188. The van der Waals surface area contributed by atoms with Crippen LogP contribution in [0.5, 0.6) is 0 Å². The molecule has 0 radical (unpaired) electrons. The van der Waals surface area contributed by atoms with Gasteiger partial charge in [-0.3, -0.25) is 5.41 Å². The number of nitrogens with zero attached hydrogens (tertiary/aromatic N) is 3. The van der Waals surface area contributed by atoms with Gasteiger partial charge in [0.25, 0.3) is 0 Å². The van der Waals surface area contributed by atoms with E-state index in [9.17, 15) is 0 Å². The van der Waals surface area contributed by atoms with Crippen LogP contribution >= 0.6 is 43.6 Å². The van der Waals surface area contributed by atoms with Crippen molar-refractivity contribution < 1.29 is 0 Å². The van der Waals surface area contributed by atoms with Gasteiger partial charge in [-0.25, -0.2) is 9.97 Å². The molecule has 3 rings (SSSR count). The van der Waals surface area contributed by atoms with Crippen LogP contribution in [0.1, 0.15) is 12.8 Å². The van der Waals surface area contributed by atoms with E-state index >= 15 is 0 Å². The van der Waals surface area contributed by atoms with Crippen molar-refractivity contribution in [2.45, 2.75) is 29.4 Å². The minimum absolute atomic E-state index is 0.188. The molecule has 3 aromatic rings. The molecule has 0 bridgehead atoms. The first-order valence-electron chi connectivity index (χ1n) is 7.14. The van der Waals surface area contributed by atoms with Crippen molar-refractivity contribution in [3.8, 4) is 12.3 Å². The summed E-state index contributed by atoms with van der Waals surface area (Å²) in [6, 6.07) is 6.01. The van der Waals surface area contributed by atoms with Crippen molar-refractivity contribution in [3.05, 3.63) is 39.0 Å². The van der Waals surface area contributed by atoms with Gasteiger partial charge in [-0.2, -0.15) is 0 Å². The van der Waals surface area contributed by atoms with Gasteiger partial charge in [-0.1, -0.05) is 43.6 Å². The van der Waals surface area contributed by atoms with E-state index in [1.54, 1.807) is 6.33 Å². The molecule has 2 heterocycles. The number of nitrogens with one attached hydrogen (secondary N) is 2. The lowest BCUT2D eigenvalue weighted by molar-refractivity contribution is 0.653. The lowest BCUT2D eigenvalue weighted by Crippen LogP contribution is -2.12. The van der Waals surface area contributed by atoms with E-state index in [4.69, 9.17) is 11.8 Å². The summed E-state index contributed by atoms with van der Waals surface area (Å²) in [6.07, 6.45) is 8.51. The lowest BCUT2D eigenvalue weighted by Gasteiger charge is -2.04. The molecule has 24 heavy (non-hydrogen) atoms. The third kappa shape index (κ3) is 3.91. The molecule has 0 unspecified atom stereocenters. The molecular formula is C16H13Br2N5S. The molecule has 122 valence electrons. The number of terminal acetylenes is 1. The molecule has 0 fully saturated rings. The topological polar surface area (TPSA) is 70.3 Å². The van der Waals surface area contributed by atoms with Crippen molar-refractivity contribution in [1.82, 2.24) is 19.5 Å². The molecule has 0 atom stereocenters. The molecule has 2 N–H and O–H groups in total. The smallest absolute Gasteiger partial charge is 0.173 e. The number of halogens is 2. The molecule has 0 aliphatic carbocycles. The van der Waals surface area contributed by atoms with Crippen molar-refractivity contribution >= 4 is 54.8 Å². The highest BCUT2D eigenvalue weighted by molar-refractivity contribution is 9.11. The first-order valence-corrected chi connectivity index (χ1v) is 9.54. The van der Waals surface area contributed by atoms with Gasteiger partial charge in [0.2, 0.25) is 0 Å². The van der Waals surface area contributed by atoms with Crippen LogP contribution in [-0.4, -0.2) is 19.5 Å². The monoisotopic (exact) mass is 465 g/mol. The lowest BCUT2D eigenvalue weighted by atomic mass is 10.3. The number of aryl methyl sites for hydroxylation is 1. The van der Waals surface area contributed by atoms with E-state index in [1.165, 1.54) is 11.8 Å². The maximum absolute atomic E-state index is 7.98. The number of hydrogen-bond donors (Lipinski definition) is 2. The number of unbranched alkanes of at least 4 members (excludes halogenated alkanes) is 1. The van der Waals surface area contributed by atoms with E-state index < -0.39 is 0 Å². The van der Waals surface area contributed by atoms with Gasteiger partial charge in [0.1, 0.15) is 5.52 Å². The average molecular weight is 467 g/mol. The maximum Gasteiger partial charge on any atom is 0.173 e. The van der Waals surface area contributed by atoms with Crippen LogP contribution < -0.4 is 5.49 Å². The molecular weight excluding hydrogens is 454 g/mol. The summed E-state index contributed by atoms with van der Waals surface area (Å²) in [5.74, 6) is 2.63. The summed E-state index contributed by atoms with van der Waals surface area (Å²) in [5, 5.41) is 8.71. The molecule has 0 saturated carbocycles. The van der Waals surface area contributed by atoms with Crippen LogP contribution in [0, 0.1) is 17.8 Å². The Bertz CT molecular complexity index is 966. The largest absolute Gasteiger partial charge is 0.328 e. The van der Waals surface area contributed by atoms with Crippen LogP contribution in [0.25, 0.3) is 11.2 Å². The number of hydrogen-bond acceptors (Lipinski definition) is 4. The number of H-pyrrole nitrogens is 1. The van der Waals surface area contributed by atoms with Crippen LogP contribution in [0.15, 0.2) is 43.5 Å². The number of benzene rings is 1. The molecule has 5 nitrogen and oxygen atoms in total. The van der Waals surface area contributed by atoms with E-state index in [1.807, 2.05) is 22.8 Å². The summed E-state index contributed by atoms with van der Waals surface area (Å²) in [5.41, 5.74) is 1.55. The standard InChI is InChI=1S/C16H13Br2N5S/c1-2-3-4-5-23-9-20-14(19)13-15(23)22-16(21-13)24-12-7-10(17)6-11(18)8-12/h1,6-9,19H,3-5H2,(H,21,22). The van der Waals surface area contributed by atoms with Crippen LogP contribution in [0.4, 0.5) is 0 Å². The van der Waals surface area contributed by atoms with Crippen molar-refractivity contribution in [1.29, 1.82) is 5.41 Å². The van der Waals surface area contributed by atoms with Crippen molar-refractivity contribution in [2.75, 3.05) is 0 Å². The number of rotatable bonds is 5. The second kappa shape index (κ2) is 7.55. The first-order chi connectivity index (χ1) is 11.6. The molecule has 2 aromatic heterocycles. The van der Waals surface area contributed by atoms with Crippen molar-refractivity contribution in [2.24, 2.45) is 0 Å². The zero-order chi connectivity index (χ0) is 17.1. The van der Waals surface area contributed by atoms with Crippen molar-refractivity contribution in [3.63, 3.8) is 0 Å². The van der Waals surface area contributed by atoms with Crippen LogP contribution in [0.3, 0.4) is 0 Å². The zero-order valence-electron chi connectivity index (χ0n) is 12.5. The SMILES string of the molecule is C#CCCCn1cnc(=N)c2[nH]c(Sc3cc(Br)cc(Br)c3)nc21. The van der Waals surface area contributed by atoms with E-state index in [2.05, 4.69) is 52.7 Å². The predicted octanol–water partition coefficient (Wildman–Crippen LogP) is 4.33. The third-order valence-corrected chi connectivity index (χ3v) is 5.04. The van der Waals surface area contributed by atoms with E-state index in [-0.39, 0.29) is 5.49 Å². The Morgan fingerprint density at radius 2 is 2.04 bits per heavy atom. The Morgan fingerprint density at radius 1 is 1.29 bits per heavy atom. The molecule has 1 aromatic carbocycles. The summed E-state index contributed by atoms with van der Waals surface area (Å²) in [7, 11) is 0. The Morgan fingerprint density at radius 3 is 2.75 bits per heavy atom. The van der Waals surface area contributed by atoms with E-state index in [0.717, 1.165) is 37.6 Å². The second-order valence-corrected chi connectivity index (χ2v) is 7.94. The molecule has 0 amide bonds. The van der Waals surface area contributed by atoms with Gasteiger partial charge >= 0.3 is 0 Å². The Hall–Kier alpha value is -1.56. The fourth-order valence-electron chi connectivity index (χ4n) is 2.22. The number of aromatic nitrogens is 4. The fourth-order valence-corrected chi connectivity index (χ4v) is 4.70. The third-order valence-electron chi connectivity index (χ3n) is 3.27. The summed E-state index contributed by atoms with van der Waals surface area (Å²) < 4.78 is 3.91. The Balaban J connectivity index is 1.95.